The number of thiocarbonyl (C=S) groups is 1. The van der Waals surface area contributed by atoms with E-state index in [1.165, 1.54) is 0 Å². The van der Waals surface area contributed by atoms with Gasteiger partial charge in [0.1, 0.15) is 4.99 Å². The van der Waals surface area contributed by atoms with Crippen LogP contribution in [0.15, 0.2) is 23.1 Å². The van der Waals surface area contributed by atoms with Crippen LogP contribution in [0.25, 0.3) is 0 Å². The van der Waals surface area contributed by atoms with Gasteiger partial charge in [0.05, 0.1) is 13.2 Å². The van der Waals surface area contributed by atoms with Crippen molar-refractivity contribution in [1.29, 1.82) is 0 Å². The highest BCUT2D eigenvalue weighted by molar-refractivity contribution is 7.98. The fraction of sp³-hybridized carbons (Fsp3) is 0.500. The van der Waals surface area contributed by atoms with Crippen LogP contribution < -0.4 is 10.6 Å². The van der Waals surface area contributed by atoms with Crippen LogP contribution in [0.2, 0.25) is 0 Å². The van der Waals surface area contributed by atoms with Gasteiger partial charge in [-0.05, 0) is 18.4 Å². The van der Waals surface area contributed by atoms with Gasteiger partial charge >= 0.3 is 0 Å². The van der Waals surface area contributed by atoms with Gasteiger partial charge in [-0.2, -0.15) is 0 Å². The van der Waals surface area contributed by atoms with E-state index in [0.29, 0.717) is 18.2 Å². The lowest BCUT2D eigenvalue weighted by Gasteiger charge is -2.27. The summed E-state index contributed by atoms with van der Waals surface area (Å²) in [5.41, 5.74) is 7.89. The standard InChI is InChI=1S/C14H22N2O2S2/c1-17-9-7-16(8-10-18-2)11-5-4-6-12(20-3)13(11)14(15)19/h4-6H,7-10H2,1-3H3,(H2,15,19). The Labute approximate surface area is 130 Å². The quantitative estimate of drug-likeness (QED) is 0.557. The summed E-state index contributed by atoms with van der Waals surface area (Å²) >= 11 is 6.87. The average molecular weight is 314 g/mol. The van der Waals surface area contributed by atoms with Crippen LogP contribution in [0.5, 0.6) is 0 Å². The third-order valence-electron chi connectivity index (χ3n) is 2.94. The monoisotopic (exact) mass is 314 g/mol. The first-order valence-corrected chi connectivity index (χ1v) is 7.98. The van der Waals surface area contributed by atoms with E-state index in [-0.39, 0.29) is 0 Å². The Bertz CT molecular complexity index is 433. The molecule has 1 aromatic carbocycles. The molecular weight excluding hydrogens is 292 g/mol. The number of anilines is 1. The Kier molecular flexibility index (Phi) is 7.91. The van der Waals surface area contributed by atoms with Gasteiger partial charge in [-0.1, -0.05) is 18.3 Å². The second kappa shape index (κ2) is 9.18. The summed E-state index contributed by atoms with van der Waals surface area (Å²) in [6, 6.07) is 6.10. The van der Waals surface area contributed by atoms with Gasteiger partial charge in [-0.25, -0.2) is 0 Å². The van der Waals surface area contributed by atoms with Crippen LogP contribution >= 0.6 is 24.0 Å². The Morgan fingerprint density at radius 3 is 2.30 bits per heavy atom. The zero-order valence-corrected chi connectivity index (χ0v) is 13.9. The van der Waals surface area contributed by atoms with Crippen LogP contribution in [-0.2, 0) is 9.47 Å². The second-order valence-corrected chi connectivity index (χ2v) is 5.48. The number of nitrogens with two attached hydrogens (primary N) is 1. The first kappa shape index (κ1) is 17.2. The van der Waals surface area contributed by atoms with Gasteiger partial charge in [-0.3, -0.25) is 0 Å². The number of benzene rings is 1. The van der Waals surface area contributed by atoms with Gasteiger partial charge in [0, 0.05) is 43.5 Å². The van der Waals surface area contributed by atoms with E-state index in [0.717, 1.165) is 29.2 Å². The molecule has 0 bridgehead atoms. The Morgan fingerprint density at radius 2 is 1.85 bits per heavy atom. The van der Waals surface area contributed by atoms with Crippen LogP contribution in [0.1, 0.15) is 5.56 Å². The number of rotatable bonds is 9. The van der Waals surface area contributed by atoms with E-state index in [2.05, 4.69) is 4.90 Å². The summed E-state index contributed by atoms with van der Waals surface area (Å²) in [5.74, 6) is 0. The molecule has 0 unspecified atom stereocenters. The van der Waals surface area contributed by atoms with Crippen LogP contribution in [-0.4, -0.2) is 51.8 Å². The largest absolute Gasteiger partial charge is 0.389 e. The number of thioether (sulfide) groups is 1. The zero-order valence-electron chi connectivity index (χ0n) is 12.2. The fourth-order valence-electron chi connectivity index (χ4n) is 1.96. The lowest BCUT2D eigenvalue weighted by molar-refractivity contribution is 0.190. The molecule has 0 aliphatic heterocycles. The number of nitrogens with zero attached hydrogens (tertiary/aromatic N) is 1. The smallest absolute Gasteiger partial charge is 0.107 e. The van der Waals surface area contributed by atoms with Crippen LogP contribution in [0.3, 0.4) is 0 Å². The molecule has 0 radical (unpaired) electrons. The number of hydrogen-bond acceptors (Lipinski definition) is 5. The molecule has 0 aromatic heterocycles. The summed E-state index contributed by atoms with van der Waals surface area (Å²) < 4.78 is 10.4. The van der Waals surface area contributed by atoms with E-state index in [1.807, 2.05) is 24.5 Å². The van der Waals surface area contributed by atoms with Gasteiger partial charge in [-0.15, -0.1) is 11.8 Å². The molecule has 0 saturated heterocycles. The van der Waals surface area contributed by atoms with Crippen molar-refractivity contribution >= 4 is 34.7 Å². The molecule has 0 atom stereocenters. The maximum atomic E-state index is 5.92. The molecule has 6 heteroatoms. The molecule has 1 rings (SSSR count). The molecular formula is C14H22N2O2S2. The highest BCUT2D eigenvalue weighted by atomic mass is 32.2. The Balaban J connectivity index is 3.13. The second-order valence-electron chi connectivity index (χ2n) is 4.19. The maximum absolute atomic E-state index is 5.92. The molecule has 112 valence electrons. The molecule has 0 fully saturated rings. The van der Waals surface area contributed by atoms with Crippen molar-refractivity contribution in [2.75, 3.05) is 51.7 Å². The van der Waals surface area contributed by atoms with Crippen molar-refractivity contribution < 1.29 is 9.47 Å². The number of methoxy groups -OCH3 is 2. The normalized spacial score (nSPS) is 10.6. The van der Waals surface area contributed by atoms with Crippen molar-refractivity contribution in [1.82, 2.24) is 0 Å². The molecule has 0 amide bonds. The molecule has 4 nitrogen and oxygen atoms in total. The summed E-state index contributed by atoms with van der Waals surface area (Å²) in [4.78, 5) is 3.71. The maximum Gasteiger partial charge on any atom is 0.107 e. The molecule has 0 spiro atoms. The Hall–Kier alpha value is -0.820. The van der Waals surface area contributed by atoms with Crippen molar-refractivity contribution in [3.05, 3.63) is 23.8 Å². The predicted octanol–water partition coefficient (Wildman–Crippen LogP) is 2.14. The van der Waals surface area contributed by atoms with Crippen molar-refractivity contribution in [3.63, 3.8) is 0 Å². The van der Waals surface area contributed by atoms with Gasteiger partial charge in [0.25, 0.3) is 0 Å². The van der Waals surface area contributed by atoms with E-state index in [9.17, 15) is 0 Å². The summed E-state index contributed by atoms with van der Waals surface area (Å²) in [7, 11) is 3.39. The van der Waals surface area contributed by atoms with E-state index in [1.54, 1.807) is 26.0 Å². The topological polar surface area (TPSA) is 47.7 Å². The molecule has 1 aromatic rings. The minimum Gasteiger partial charge on any atom is -0.389 e. The highest BCUT2D eigenvalue weighted by Gasteiger charge is 2.16. The molecule has 0 saturated carbocycles. The number of hydrogen-bond donors (Lipinski definition) is 1. The van der Waals surface area contributed by atoms with E-state index >= 15 is 0 Å². The van der Waals surface area contributed by atoms with Gasteiger partial charge < -0.3 is 20.1 Å². The van der Waals surface area contributed by atoms with Crippen LogP contribution in [0.4, 0.5) is 5.69 Å². The van der Waals surface area contributed by atoms with Crippen molar-refractivity contribution in [3.8, 4) is 0 Å². The van der Waals surface area contributed by atoms with E-state index in [4.69, 9.17) is 27.4 Å². The Morgan fingerprint density at radius 1 is 1.25 bits per heavy atom. The summed E-state index contributed by atoms with van der Waals surface area (Å²) in [6.45, 7) is 2.83. The predicted molar refractivity (Wildman–Crippen MR) is 90.1 cm³/mol. The third-order valence-corrected chi connectivity index (χ3v) is 3.93. The SMILES string of the molecule is COCCN(CCOC)c1cccc(SC)c1C(N)=S. The highest BCUT2D eigenvalue weighted by Crippen LogP contribution is 2.29. The zero-order chi connectivity index (χ0) is 15.0. The lowest BCUT2D eigenvalue weighted by atomic mass is 10.1. The van der Waals surface area contributed by atoms with Gasteiger partial charge in [0.15, 0.2) is 0 Å². The molecule has 0 heterocycles. The summed E-state index contributed by atoms with van der Waals surface area (Å²) in [5, 5.41) is 0. The fourth-order valence-corrected chi connectivity index (χ4v) is 2.87. The van der Waals surface area contributed by atoms with Crippen LogP contribution in [0, 0.1) is 0 Å². The molecule has 0 aliphatic rings. The van der Waals surface area contributed by atoms with Gasteiger partial charge in [0.2, 0.25) is 0 Å². The summed E-state index contributed by atoms with van der Waals surface area (Å²) in [6.07, 6.45) is 2.02. The first-order chi connectivity index (χ1) is 9.65. The van der Waals surface area contributed by atoms with Crippen molar-refractivity contribution in [2.24, 2.45) is 5.73 Å². The first-order valence-electron chi connectivity index (χ1n) is 6.35. The molecule has 0 aliphatic carbocycles. The number of ether oxygens (including phenoxy) is 2. The van der Waals surface area contributed by atoms with Crippen molar-refractivity contribution in [2.45, 2.75) is 4.90 Å². The molecule has 2 N–H and O–H groups in total. The third kappa shape index (κ3) is 4.63. The minimum atomic E-state index is 0.421. The minimum absolute atomic E-state index is 0.421. The molecule has 20 heavy (non-hydrogen) atoms. The average Bonchev–Trinajstić information content (AvgIpc) is 2.46. The lowest BCUT2D eigenvalue weighted by Crippen LogP contribution is -2.32. The van der Waals surface area contributed by atoms with E-state index < -0.39 is 0 Å².